The summed E-state index contributed by atoms with van der Waals surface area (Å²) < 4.78 is 1.52. The molecule has 2 aromatic heterocycles. The number of aromatic amines is 1. The first-order chi connectivity index (χ1) is 20.2. The number of hydrogen-bond donors (Lipinski definition) is 4. The topological polar surface area (TPSA) is 154 Å². The van der Waals surface area contributed by atoms with E-state index in [0.717, 1.165) is 5.56 Å². The van der Waals surface area contributed by atoms with E-state index in [1.54, 1.807) is 30.3 Å². The minimum atomic E-state index is -0.835. The SMILES string of the molecule is Cc1nc2n(n1)CC(=O)NCCCN(C(=O)c1cc[nH]c1)CCCC(=O)N[C@H](Cc1ccccc1)C(=O)N[C@H]2C(C)C. The van der Waals surface area contributed by atoms with Crippen LogP contribution in [0.5, 0.6) is 0 Å². The van der Waals surface area contributed by atoms with Crippen LogP contribution < -0.4 is 16.0 Å². The van der Waals surface area contributed by atoms with Gasteiger partial charge in [0, 0.05) is 44.9 Å². The maximum atomic E-state index is 13.7. The zero-order chi connectivity index (χ0) is 30.1. The Labute approximate surface area is 245 Å². The van der Waals surface area contributed by atoms with Crippen LogP contribution in [0.3, 0.4) is 0 Å². The zero-order valence-electron chi connectivity index (χ0n) is 24.4. The van der Waals surface area contributed by atoms with Crippen LogP contribution >= 0.6 is 0 Å². The number of nitrogens with zero attached hydrogens (tertiary/aromatic N) is 4. The van der Waals surface area contributed by atoms with Crippen LogP contribution in [0.4, 0.5) is 0 Å². The molecule has 0 radical (unpaired) electrons. The molecule has 1 aliphatic rings. The third kappa shape index (κ3) is 8.27. The summed E-state index contributed by atoms with van der Waals surface area (Å²) in [6.45, 7) is 6.72. The smallest absolute Gasteiger partial charge is 0.255 e. The van der Waals surface area contributed by atoms with Crippen molar-refractivity contribution >= 4 is 23.6 Å². The summed E-state index contributed by atoms with van der Waals surface area (Å²) in [5.74, 6) is -0.130. The summed E-state index contributed by atoms with van der Waals surface area (Å²) in [7, 11) is 0. The van der Waals surface area contributed by atoms with Gasteiger partial charge in [0.05, 0.1) is 11.6 Å². The number of carbonyl (C=O) groups excluding carboxylic acids is 4. The average Bonchev–Trinajstić information content (AvgIpc) is 3.62. The minimum absolute atomic E-state index is 0.0640. The largest absolute Gasteiger partial charge is 0.367 e. The lowest BCUT2D eigenvalue weighted by molar-refractivity contribution is -0.129. The lowest BCUT2D eigenvalue weighted by atomic mass is 10.0. The molecule has 12 heteroatoms. The van der Waals surface area contributed by atoms with E-state index in [9.17, 15) is 19.2 Å². The quantitative estimate of drug-likeness (QED) is 0.372. The van der Waals surface area contributed by atoms with E-state index in [-0.39, 0.29) is 42.5 Å². The van der Waals surface area contributed by atoms with Crippen molar-refractivity contribution in [3.63, 3.8) is 0 Å². The number of rotatable bonds is 4. The van der Waals surface area contributed by atoms with Crippen LogP contribution in [0.2, 0.25) is 0 Å². The van der Waals surface area contributed by atoms with Crippen molar-refractivity contribution in [2.45, 2.75) is 65.1 Å². The lowest BCUT2D eigenvalue weighted by Gasteiger charge is -2.26. The predicted octanol–water partition coefficient (Wildman–Crippen LogP) is 1.90. The van der Waals surface area contributed by atoms with Crippen molar-refractivity contribution in [3.8, 4) is 0 Å². The molecular weight excluding hydrogens is 536 g/mol. The molecule has 3 aromatic rings. The van der Waals surface area contributed by atoms with Crippen LogP contribution in [0.1, 0.15) is 66.7 Å². The fourth-order valence-corrected chi connectivity index (χ4v) is 5.00. The molecule has 1 aliphatic heterocycles. The van der Waals surface area contributed by atoms with Crippen molar-refractivity contribution in [2.75, 3.05) is 19.6 Å². The molecule has 4 rings (SSSR count). The van der Waals surface area contributed by atoms with Gasteiger partial charge >= 0.3 is 0 Å². The first kappa shape index (κ1) is 30.5. The van der Waals surface area contributed by atoms with E-state index in [1.165, 1.54) is 4.68 Å². The molecule has 0 saturated heterocycles. The number of H-pyrrole nitrogens is 1. The lowest BCUT2D eigenvalue weighted by Crippen LogP contribution is -2.50. The van der Waals surface area contributed by atoms with Crippen LogP contribution in [0.25, 0.3) is 0 Å². The maximum absolute atomic E-state index is 13.7. The zero-order valence-corrected chi connectivity index (χ0v) is 24.4. The Hall–Kier alpha value is -4.48. The molecule has 4 amide bonds. The van der Waals surface area contributed by atoms with E-state index in [4.69, 9.17) is 0 Å². The van der Waals surface area contributed by atoms with Gasteiger partial charge in [0.15, 0.2) is 5.82 Å². The van der Waals surface area contributed by atoms with Crippen molar-refractivity contribution in [1.82, 2.24) is 40.6 Å². The molecule has 0 bridgehead atoms. The summed E-state index contributed by atoms with van der Waals surface area (Å²) in [6.07, 6.45) is 4.73. The van der Waals surface area contributed by atoms with Crippen LogP contribution in [-0.4, -0.2) is 74.0 Å². The molecule has 4 N–H and O–H groups in total. The number of nitrogens with one attached hydrogen (secondary N) is 4. The molecule has 0 aliphatic carbocycles. The molecule has 0 fully saturated rings. The number of carbonyl (C=O) groups is 4. The van der Waals surface area contributed by atoms with Crippen molar-refractivity contribution in [1.29, 1.82) is 0 Å². The van der Waals surface area contributed by atoms with Gasteiger partial charge in [-0.05, 0) is 37.3 Å². The number of hydrogen-bond acceptors (Lipinski definition) is 6. The Bertz CT molecular complexity index is 1350. The molecular formula is C30H40N8O4. The highest BCUT2D eigenvalue weighted by molar-refractivity contribution is 5.94. The Kier molecular flexibility index (Phi) is 10.5. The first-order valence-electron chi connectivity index (χ1n) is 14.4. The molecule has 0 saturated carbocycles. The molecule has 3 heterocycles. The highest BCUT2D eigenvalue weighted by atomic mass is 16.2. The van der Waals surface area contributed by atoms with Gasteiger partial charge < -0.3 is 25.8 Å². The second-order valence-electron chi connectivity index (χ2n) is 10.9. The van der Waals surface area contributed by atoms with Gasteiger partial charge in [0.1, 0.15) is 18.4 Å². The van der Waals surface area contributed by atoms with Crippen LogP contribution in [0.15, 0.2) is 48.8 Å². The molecule has 0 spiro atoms. The van der Waals surface area contributed by atoms with Gasteiger partial charge in [-0.15, -0.1) is 0 Å². The number of aromatic nitrogens is 4. The first-order valence-corrected chi connectivity index (χ1v) is 14.4. The average molecular weight is 577 g/mol. The van der Waals surface area contributed by atoms with E-state index in [0.29, 0.717) is 56.1 Å². The van der Waals surface area contributed by atoms with Crippen LogP contribution in [0, 0.1) is 12.8 Å². The Balaban J connectivity index is 1.60. The number of fused-ring (bicyclic) bond motifs is 1. The Morgan fingerprint density at radius 1 is 1.02 bits per heavy atom. The normalized spacial score (nSPS) is 19.7. The van der Waals surface area contributed by atoms with Crippen molar-refractivity contribution in [3.05, 3.63) is 71.6 Å². The predicted molar refractivity (Wildman–Crippen MR) is 156 cm³/mol. The summed E-state index contributed by atoms with van der Waals surface area (Å²) in [4.78, 5) is 61.9. The third-order valence-electron chi connectivity index (χ3n) is 7.17. The maximum Gasteiger partial charge on any atom is 0.255 e. The fourth-order valence-electron chi connectivity index (χ4n) is 5.00. The van der Waals surface area contributed by atoms with Crippen LogP contribution in [-0.2, 0) is 27.3 Å². The summed E-state index contributed by atoms with van der Waals surface area (Å²) in [5.41, 5.74) is 1.43. The van der Waals surface area contributed by atoms with E-state index >= 15 is 0 Å². The van der Waals surface area contributed by atoms with Gasteiger partial charge in [0.2, 0.25) is 17.7 Å². The third-order valence-corrected chi connectivity index (χ3v) is 7.17. The van der Waals surface area contributed by atoms with E-state index in [1.807, 2.05) is 44.2 Å². The van der Waals surface area contributed by atoms with Gasteiger partial charge in [-0.2, -0.15) is 5.10 Å². The standard InChI is InChI=1S/C30H40N8O4/c1-20(2)27-28-33-21(3)36-38(28)19-26(40)32-13-8-16-37(30(42)23-12-14-31-18-23)15-7-11-25(39)34-24(29(41)35-27)17-22-9-5-4-6-10-22/h4-6,9-10,12,14,18,20,24,27,31H,7-8,11,13,15-17,19H2,1-3H3,(H,32,40)(H,34,39)(H,35,41)/t24-,27+/m1/s1. The molecule has 224 valence electrons. The molecule has 42 heavy (non-hydrogen) atoms. The number of aryl methyl sites for hydroxylation is 1. The summed E-state index contributed by atoms with van der Waals surface area (Å²) >= 11 is 0. The van der Waals surface area contributed by atoms with E-state index < -0.39 is 12.1 Å². The number of amides is 4. The Morgan fingerprint density at radius 3 is 2.50 bits per heavy atom. The van der Waals surface area contributed by atoms with E-state index in [2.05, 4.69) is 31.0 Å². The molecule has 1 aromatic carbocycles. The van der Waals surface area contributed by atoms with Crippen molar-refractivity contribution < 1.29 is 19.2 Å². The van der Waals surface area contributed by atoms with Gasteiger partial charge in [-0.3, -0.25) is 19.2 Å². The molecule has 0 unspecified atom stereocenters. The van der Waals surface area contributed by atoms with Crippen molar-refractivity contribution in [2.24, 2.45) is 5.92 Å². The highest BCUT2D eigenvalue weighted by Gasteiger charge is 2.30. The molecule has 12 nitrogen and oxygen atoms in total. The second kappa shape index (κ2) is 14.4. The van der Waals surface area contributed by atoms with Gasteiger partial charge in [-0.1, -0.05) is 44.2 Å². The summed E-state index contributed by atoms with van der Waals surface area (Å²) in [6, 6.07) is 9.83. The number of benzene rings is 1. The summed E-state index contributed by atoms with van der Waals surface area (Å²) in [5, 5.41) is 13.3. The van der Waals surface area contributed by atoms with Gasteiger partial charge in [0.25, 0.3) is 5.91 Å². The Morgan fingerprint density at radius 2 is 1.79 bits per heavy atom. The second-order valence-corrected chi connectivity index (χ2v) is 10.9. The molecule has 2 atom stereocenters. The minimum Gasteiger partial charge on any atom is -0.367 e. The van der Waals surface area contributed by atoms with Gasteiger partial charge in [-0.25, -0.2) is 9.67 Å². The monoisotopic (exact) mass is 576 g/mol. The fraction of sp³-hybridized carbons (Fsp3) is 0.467. The highest BCUT2D eigenvalue weighted by Crippen LogP contribution is 2.21.